The Balaban J connectivity index is 2.23. The summed E-state index contributed by atoms with van der Waals surface area (Å²) in [6.07, 6.45) is 2.90. The van der Waals surface area contributed by atoms with E-state index in [2.05, 4.69) is 45.4 Å². The third-order valence-electron chi connectivity index (χ3n) is 2.03. The molecule has 11 heavy (non-hydrogen) atoms. The van der Waals surface area contributed by atoms with Crippen LogP contribution in [0.4, 0.5) is 0 Å². The van der Waals surface area contributed by atoms with E-state index in [9.17, 15) is 0 Å². The van der Waals surface area contributed by atoms with E-state index in [0.29, 0.717) is 6.61 Å². The van der Waals surface area contributed by atoms with E-state index < -0.39 is 0 Å². The van der Waals surface area contributed by atoms with Crippen LogP contribution in [0.15, 0.2) is 12.7 Å². The summed E-state index contributed by atoms with van der Waals surface area (Å²) in [7, 11) is 0. The predicted molar refractivity (Wildman–Crippen MR) is 54.3 cm³/mol. The predicted octanol–water partition coefficient (Wildman–Crippen LogP) is 3.09. The van der Waals surface area contributed by atoms with Crippen molar-refractivity contribution in [3.8, 4) is 0 Å². The summed E-state index contributed by atoms with van der Waals surface area (Å²) in [5, 5.41) is 0. The standard InChI is InChI=1S/C8H12Br2O/c1-3-4-11-6-7(2)5-8(7,9)10/h3H,1,4-6H2,2H3. The van der Waals surface area contributed by atoms with Gasteiger partial charge in [-0.25, -0.2) is 0 Å². The molecule has 1 rings (SSSR count). The minimum atomic E-state index is 0.119. The van der Waals surface area contributed by atoms with Crippen LogP contribution >= 0.6 is 31.9 Å². The lowest BCUT2D eigenvalue weighted by atomic mass is 10.2. The highest BCUT2D eigenvalue weighted by atomic mass is 79.9. The molecule has 0 bridgehead atoms. The smallest absolute Gasteiger partial charge is 0.0888 e. The van der Waals surface area contributed by atoms with Crippen LogP contribution in [0.5, 0.6) is 0 Å². The van der Waals surface area contributed by atoms with Gasteiger partial charge in [-0.05, 0) is 6.42 Å². The molecule has 1 saturated carbocycles. The van der Waals surface area contributed by atoms with Crippen LogP contribution in [0, 0.1) is 5.41 Å². The third-order valence-corrected chi connectivity index (χ3v) is 4.50. The number of ether oxygens (including phenoxy) is 1. The van der Waals surface area contributed by atoms with E-state index in [-0.39, 0.29) is 8.65 Å². The molecule has 0 aromatic heterocycles. The van der Waals surface area contributed by atoms with Crippen LogP contribution < -0.4 is 0 Å². The van der Waals surface area contributed by atoms with Crippen molar-refractivity contribution in [2.75, 3.05) is 13.2 Å². The molecule has 1 atom stereocenters. The van der Waals surface area contributed by atoms with Gasteiger partial charge in [-0.1, -0.05) is 44.9 Å². The Labute approximate surface area is 84.4 Å². The normalized spacial score (nSPS) is 33.4. The summed E-state index contributed by atoms with van der Waals surface area (Å²) in [4.78, 5) is 0. The van der Waals surface area contributed by atoms with Gasteiger partial charge in [-0.15, -0.1) is 6.58 Å². The number of hydrogen-bond acceptors (Lipinski definition) is 1. The van der Waals surface area contributed by atoms with Crippen LogP contribution in [-0.2, 0) is 4.74 Å². The lowest BCUT2D eigenvalue weighted by Gasteiger charge is -2.11. The minimum absolute atomic E-state index is 0.119. The van der Waals surface area contributed by atoms with E-state index in [1.165, 1.54) is 0 Å². The monoisotopic (exact) mass is 282 g/mol. The first-order valence-corrected chi connectivity index (χ1v) is 5.17. The summed E-state index contributed by atoms with van der Waals surface area (Å²) in [5.74, 6) is 0. The molecule has 0 heterocycles. The zero-order valence-electron chi connectivity index (χ0n) is 6.57. The molecule has 1 aliphatic rings. The van der Waals surface area contributed by atoms with E-state index in [0.717, 1.165) is 13.0 Å². The maximum Gasteiger partial charge on any atom is 0.0888 e. The summed E-state index contributed by atoms with van der Waals surface area (Å²) in [5.41, 5.74) is 0.260. The van der Waals surface area contributed by atoms with Gasteiger partial charge in [0, 0.05) is 5.41 Å². The largest absolute Gasteiger partial charge is 0.377 e. The lowest BCUT2D eigenvalue weighted by Crippen LogP contribution is -2.12. The Morgan fingerprint density at radius 1 is 1.64 bits per heavy atom. The second-order valence-electron chi connectivity index (χ2n) is 3.25. The first-order valence-electron chi connectivity index (χ1n) is 3.58. The Morgan fingerprint density at radius 3 is 2.55 bits per heavy atom. The van der Waals surface area contributed by atoms with Crippen LogP contribution in [0.1, 0.15) is 13.3 Å². The molecule has 0 aromatic rings. The van der Waals surface area contributed by atoms with Crippen molar-refractivity contribution >= 4 is 31.9 Å². The van der Waals surface area contributed by atoms with Crippen LogP contribution in [0.2, 0.25) is 0 Å². The average Bonchev–Trinajstić information content (AvgIpc) is 2.33. The molecule has 1 fully saturated rings. The van der Waals surface area contributed by atoms with E-state index >= 15 is 0 Å². The van der Waals surface area contributed by atoms with E-state index in [4.69, 9.17) is 4.74 Å². The highest BCUT2D eigenvalue weighted by Crippen LogP contribution is 2.66. The first kappa shape index (κ1) is 9.75. The van der Waals surface area contributed by atoms with Gasteiger partial charge in [-0.2, -0.15) is 0 Å². The molecule has 64 valence electrons. The van der Waals surface area contributed by atoms with Gasteiger partial charge < -0.3 is 4.74 Å². The van der Waals surface area contributed by atoms with Crippen molar-refractivity contribution in [2.45, 2.75) is 16.6 Å². The molecule has 0 saturated heterocycles. The van der Waals surface area contributed by atoms with Gasteiger partial charge in [0.25, 0.3) is 0 Å². The van der Waals surface area contributed by atoms with Crippen molar-refractivity contribution in [2.24, 2.45) is 5.41 Å². The molecular weight excluding hydrogens is 272 g/mol. The minimum Gasteiger partial charge on any atom is -0.377 e. The molecule has 1 aliphatic carbocycles. The highest BCUT2D eigenvalue weighted by Gasteiger charge is 2.61. The SMILES string of the molecule is C=CCOCC1(C)CC1(Br)Br. The second kappa shape index (κ2) is 3.19. The zero-order chi connectivity index (χ0) is 8.54. The maximum atomic E-state index is 5.37. The fourth-order valence-electron chi connectivity index (χ4n) is 0.970. The Hall–Kier alpha value is 0.660. The lowest BCUT2D eigenvalue weighted by molar-refractivity contribution is 0.120. The molecule has 0 aromatic carbocycles. The molecule has 0 amide bonds. The van der Waals surface area contributed by atoms with E-state index in [1.54, 1.807) is 6.08 Å². The van der Waals surface area contributed by atoms with Gasteiger partial charge in [0.2, 0.25) is 0 Å². The number of hydrogen-bond donors (Lipinski definition) is 0. The Bertz CT molecular complexity index is 167. The first-order chi connectivity index (χ1) is 5.02. The number of halogens is 2. The molecule has 0 N–H and O–H groups in total. The molecular formula is C8H12Br2O. The second-order valence-corrected chi connectivity index (χ2v) is 7.02. The molecule has 0 aliphatic heterocycles. The topological polar surface area (TPSA) is 9.23 Å². The average molecular weight is 284 g/mol. The molecule has 1 nitrogen and oxygen atoms in total. The van der Waals surface area contributed by atoms with Crippen molar-refractivity contribution in [3.05, 3.63) is 12.7 Å². The number of alkyl halides is 2. The third kappa shape index (κ3) is 2.07. The van der Waals surface area contributed by atoms with Crippen LogP contribution in [0.25, 0.3) is 0 Å². The molecule has 3 heteroatoms. The van der Waals surface area contributed by atoms with Crippen LogP contribution in [-0.4, -0.2) is 16.4 Å². The molecule has 0 spiro atoms. The van der Waals surface area contributed by atoms with Crippen LogP contribution in [0.3, 0.4) is 0 Å². The fraction of sp³-hybridized carbons (Fsp3) is 0.750. The zero-order valence-corrected chi connectivity index (χ0v) is 9.74. The summed E-state index contributed by atoms with van der Waals surface area (Å²) < 4.78 is 5.49. The van der Waals surface area contributed by atoms with Crippen molar-refractivity contribution in [1.29, 1.82) is 0 Å². The maximum absolute atomic E-state index is 5.37. The summed E-state index contributed by atoms with van der Waals surface area (Å²) in [6.45, 7) is 7.21. The van der Waals surface area contributed by atoms with Gasteiger partial charge >= 0.3 is 0 Å². The van der Waals surface area contributed by atoms with Crippen molar-refractivity contribution < 1.29 is 4.74 Å². The van der Waals surface area contributed by atoms with Gasteiger partial charge in [0.15, 0.2) is 0 Å². The quantitative estimate of drug-likeness (QED) is 0.438. The highest BCUT2D eigenvalue weighted by molar-refractivity contribution is 9.25. The molecule has 0 radical (unpaired) electrons. The van der Waals surface area contributed by atoms with Gasteiger partial charge in [0.05, 0.1) is 16.4 Å². The Morgan fingerprint density at radius 2 is 2.18 bits per heavy atom. The summed E-state index contributed by atoms with van der Waals surface area (Å²) in [6, 6.07) is 0. The van der Waals surface area contributed by atoms with Gasteiger partial charge in [0.1, 0.15) is 0 Å². The molecule has 1 unspecified atom stereocenters. The summed E-state index contributed by atoms with van der Waals surface area (Å²) >= 11 is 7.14. The number of rotatable bonds is 4. The van der Waals surface area contributed by atoms with Crippen molar-refractivity contribution in [3.63, 3.8) is 0 Å². The fourth-order valence-corrected chi connectivity index (χ4v) is 2.44. The van der Waals surface area contributed by atoms with E-state index in [1.807, 2.05) is 0 Å². The van der Waals surface area contributed by atoms with Crippen molar-refractivity contribution in [1.82, 2.24) is 0 Å². The van der Waals surface area contributed by atoms with Gasteiger partial charge in [-0.3, -0.25) is 0 Å². The Kier molecular flexibility index (Phi) is 2.83.